The zero-order valence-corrected chi connectivity index (χ0v) is 10.5. The van der Waals surface area contributed by atoms with Crippen LogP contribution in [0.4, 0.5) is 0 Å². The van der Waals surface area contributed by atoms with Crippen LogP contribution in [0.25, 0.3) is 0 Å². The summed E-state index contributed by atoms with van der Waals surface area (Å²) in [4.78, 5) is 16.0. The molecule has 6 heteroatoms. The fourth-order valence-electron chi connectivity index (χ4n) is 1.83. The van der Waals surface area contributed by atoms with Gasteiger partial charge < -0.3 is 16.4 Å². The predicted octanol–water partition coefficient (Wildman–Crippen LogP) is -0.988. The summed E-state index contributed by atoms with van der Waals surface area (Å²) in [6.07, 6.45) is 0. The molecule has 0 saturated carbocycles. The van der Waals surface area contributed by atoms with Gasteiger partial charge in [-0.1, -0.05) is 19.1 Å². The topological polar surface area (TPSA) is 75.6 Å². The van der Waals surface area contributed by atoms with Crippen molar-refractivity contribution in [3.8, 4) is 0 Å². The number of carbonyl (C=O) groups excluding carboxylic acids is 1. The lowest BCUT2D eigenvalue weighted by Gasteiger charge is -2.35. The maximum Gasteiger partial charge on any atom is 0.221 e. The molecule has 1 aliphatic rings. The molecule has 1 unspecified atom stereocenters. The van der Waals surface area contributed by atoms with Gasteiger partial charge in [-0.15, -0.1) is 0 Å². The summed E-state index contributed by atoms with van der Waals surface area (Å²) in [5, 5.41) is 0. The van der Waals surface area contributed by atoms with E-state index in [0.717, 1.165) is 32.7 Å². The van der Waals surface area contributed by atoms with Crippen molar-refractivity contribution in [3.05, 3.63) is 0 Å². The Morgan fingerprint density at radius 2 is 1.75 bits per heavy atom. The van der Waals surface area contributed by atoms with Crippen molar-refractivity contribution in [2.24, 2.45) is 17.4 Å². The fraction of sp³-hybridized carbons (Fsp3) is 0.800. The number of rotatable bonds is 5. The van der Waals surface area contributed by atoms with Crippen LogP contribution in [-0.2, 0) is 4.79 Å². The Kier molecular flexibility index (Phi) is 5.11. The molecule has 16 heavy (non-hydrogen) atoms. The van der Waals surface area contributed by atoms with Crippen LogP contribution in [0.5, 0.6) is 0 Å². The molecule has 1 atom stereocenters. The van der Waals surface area contributed by atoms with E-state index in [1.54, 1.807) is 0 Å². The number of carbonyl (C=O) groups is 1. The first-order valence-electron chi connectivity index (χ1n) is 5.51. The van der Waals surface area contributed by atoms with Gasteiger partial charge in [-0.25, -0.2) is 0 Å². The second-order valence-electron chi connectivity index (χ2n) is 4.35. The normalized spacial score (nSPS) is 20.6. The van der Waals surface area contributed by atoms with E-state index in [0.29, 0.717) is 11.5 Å². The molecule has 1 heterocycles. The average molecular weight is 244 g/mol. The Labute approximate surface area is 102 Å². The predicted molar refractivity (Wildman–Crippen MR) is 68.0 cm³/mol. The Hall–Kier alpha value is -0.720. The highest BCUT2D eigenvalue weighted by atomic mass is 32.1. The lowest BCUT2D eigenvalue weighted by atomic mass is 10.1. The largest absolute Gasteiger partial charge is 0.392 e. The maximum atomic E-state index is 10.9. The van der Waals surface area contributed by atoms with Crippen LogP contribution in [0.1, 0.15) is 6.92 Å². The lowest BCUT2D eigenvalue weighted by molar-refractivity contribution is -0.122. The number of nitrogens with two attached hydrogens (primary N) is 2. The summed E-state index contributed by atoms with van der Waals surface area (Å²) in [5.41, 5.74) is 10.7. The molecule has 0 aromatic heterocycles. The van der Waals surface area contributed by atoms with Crippen LogP contribution in [0.3, 0.4) is 0 Å². The summed E-state index contributed by atoms with van der Waals surface area (Å²) in [7, 11) is 0. The standard InChI is InChI=1S/C10H20N4OS/c1-8(10(12)15)6-13-2-4-14(5-3-13)7-9(11)16/h8H,2-7H2,1H3,(H2,11,16)(H2,12,15). The van der Waals surface area contributed by atoms with E-state index in [-0.39, 0.29) is 11.8 Å². The number of hydrogen-bond donors (Lipinski definition) is 2. The van der Waals surface area contributed by atoms with E-state index in [2.05, 4.69) is 9.80 Å². The van der Waals surface area contributed by atoms with Crippen LogP contribution in [0.15, 0.2) is 0 Å². The molecule has 0 spiro atoms. The number of primary amides is 1. The summed E-state index contributed by atoms with van der Waals surface area (Å²) in [6.45, 7) is 7.08. The monoisotopic (exact) mass is 244 g/mol. The van der Waals surface area contributed by atoms with Gasteiger partial charge in [-0.05, 0) is 0 Å². The van der Waals surface area contributed by atoms with Crippen molar-refractivity contribution in [1.29, 1.82) is 0 Å². The van der Waals surface area contributed by atoms with Crippen LogP contribution in [-0.4, -0.2) is 60.0 Å². The molecule has 0 aromatic rings. The molecule has 1 rings (SSSR count). The molecule has 1 saturated heterocycles. The number of thiocarbonyl (C=S) groups is 1. The second-order valence-corrected chi connectivity index (χ2v) is 4.87. The molecule has 1 fully saturated rings. The molecule has 0 radical (unpaired) electrons. The van der Waals surface area contributed by atoms with E-state index in [9.17, 15) is 4.79 Å². The zero-order valence-electron chi connectivity index (χ0n) is 9.69. The number of piperazine rings is 1. The van der Waals surface area contributed by atoms with Crippen molar-refractivity contribution < 1.29 is 4.79 Å². The lowest BCUT2D eigenvalue weighted by Crippen LogP contribution is -2.50. The van der Waals surface area contributed by atoms with Gasteiger partial charge in [-0.3, -0.25) is 9.69 Å². The Morgan fingerprint density at radius 1 is 1.25 bits per heavy atom. The molecule has 0 bridgehead atoms. The first-order chi connectivity index (χ1) is 7.49. The van der Waals surface area contributed by atoms with Crippen LogP contribution in [0, 0.1) is 5.92 Å². The van der Waals surface area contributed by atoms with Crippen molar-refractivity contribution in [3.63, 3.8) is 0 Å². The highest BCUT2D eigenvalue weighted by Crippen LogP contribution is 2.05. The number of nitrogens with zero attached hydrogens (tertiary/aromatic N) is 2. The minimum atomic E-state index is -0.231. The van der Waals surface area contributed by atoms with E-state index in [1.807, 2.05) is 6.92 Å². The second kappa shape index (κ2) is 6.12. The zero-order chi connectivity index (χ0) is 12.1. The fourth-order valence-corrected chi connectivity index (χ4v) is 2.01. The SMILES string of the molecule is CC(CN1CCN(CC(N)=S)CC1)C(N)=O. The molecule has 1 amide bonds. The van der Waals surface area contributed by atoms with Gasteiger partial charge in [0, 0.05) is 45.2 Å². The summed E-state index contributed by atoms with van der Waals surface area (Å²) < 4.78 is 0. The third kappa shape index (κ3) is 4.42. The Balaban J connectivity index is 2.26. The van der Waals surface area contributed by atoms with Gasteiger partial charge in [0.05, 0.1) is 4.99 Å². The van der Waals surface area contributed by atoms with Gasteiger partial charge >= 0.3 is 0 Å². The molecule has 0 aromatic carbocycles. The van der Waals surface area contributed by atoms with Crippen LogP contribution >= 0.6 is 12.2 Å². The minimum absolute atomic E-state index is 0.0814. The van der Waals surface area contributed by atoms with Crippen molar-refractivity contribution in [2.45, 2.75) is 6.92 Å². The first kappa shape index (κ1) is 13.3. The van der Waals surface area contributed by atoms with Crippen molar-refractivity contribution >= 4 is 23.1 Å². The summed E-state index contributed by atoms with van der Waals surface area (Å²) >= 11 is 4.87. The smallest absolute Gasteiger partial charge is 0.221 e. The number of hydrogen-bond acceptors (Lipinski definition) is 4. The summed E-state index contributed by atoms with van der Waals surface area (Å²) in [5.74, 6) is -0.312. The van der Waals surface area contributed by atoms with Gasteiger partial charge in [0.1, 0.15) is 0 Å². The maximum absolute atomic E-state index is 10.9. The third-order valence-corrected chi connectivity index (χ3v) is 2.99. The Bertz CT molecular complexity index is 264. The average Bonchev–Trinajstić information content (AvgIpc) is 2.20. The molecule has 1 aliphatic heterocycles. The van der Waals surface area contributed by atoms with E-state index in [4.69, 9.17) is 23.7 Å². The van der Waals surface area contributed by atoms with Gasteiger partial charge in [0.15, 0.2) is 0 Å². The molecule has 92 valence electrons. The molecule has 0 aliphatic carbocycles. The quantitative estimate of drug-likeness (QED) is 0.608. The van der Waals surface area contributed by atoms with Crippen molar-refractivity contribution in [1.82, 2.24) is 9.80 Å². The molecular formula is C10H20N4OS. The molecular weight excluding hydrogens is 224 g/mol. The van der Waals surface area contributed by atoms with Crippen LogP contribution < -0.4 is 11.5 Å². The minimum Gasteiger partial charge on any atom is -0.392 e. The van der Waals surface area contributed by atoms with E-state index >= 15 is 0 Å². The van der Waals surface area contributed by atoms with E-state index < -0.39 is 0 Å². The first-order valence-corrected chi connectivity index (χ1v) is 5.92. The molecule has 4 N–H and O–H groups in total. The third-order valence-electron chi connectivity index (χ3n) is 2.86. The number of amides is 1. The Morgan fingerprint density at radius 3 is 2.19 bits per heavy atom. The van der Waals surface area contributed by atoms with Crippen molar-refractivity contribution in [2.75, 3.05) is 39.3 Å². The van der Waals surface area contributed by atoms with Gasteiger partial charge in [0.25, 0.3) is 0 Å². The highest BCUT2D eigenvalue weighted by Gasteiger charge is 2.20. The molecule has 5 nitrogen and oxygen atoms in total. The highest BCUT2D eigenvalue weighted by molar-refractivity contribution is 7.80. The van der Waals surface area contributed by atoms with E-state index in [1.165, 1.54) is 0 Å². The summed E-state index contributed by atoms with van der Waals surface area (Å²) in [6, 6.07) is 0. The van der Waals surface area contributed by atoms with Gasteiger partial charge in [0.2, 0.25) is 5.91 Å². The van der Waals surface area contributed by atoms with Gasteiger partial charge in [-0.2, -0.15) is 0 Å². The van der Waals surface area contributed by atoms with Crippen LogP contribution in [0.2, 0.25) is 0 Å².